The van der Waals surface area contributed by atoms with E-state index in [1.54, 1.807) is 6.92 Å². The molecule has 3 aromatic rings. The van der Waals surface area contributed by atoms with Crippen molar-refractivity contribution in [1.82, 2.24) is 4.98 Å². The summed E-state index contributed by atoms with van der Waals surface area (Å²) in [6, 6.07) is 10.9. The monoisotopic (exact) mass is 519 g/mol. The number of rotatable bonds is 9. The topological polar surface area (TPSA) is 48.4 Å². The third-order valence-corrected chi connectivity index (χ3v) is 7.58. The van der Waals surface area contributed by atoms with Crippen LogP contribution in [-0.4, -0.2) is 17.6 Å². The SMILES string of the molecule is CCOC(=O)C(CC)Cc1ccc(OC(C)(C)c2sc(-c3ccc(C(F)(F)F)cc3)nc2C)cc1C. The lowest BCUT2D eigenvalue weighted by atomic mass is 9.94. The summed E-state index contributed by atoms with van der Waals surface area (Å²) in [5, 5.41) is 0.643. The van der Waals surface area contributed by atoms with Gasteiger partial charge in [0.25, 0.3) is 0 Å². The van der Waals surface area contributed by atoms with Crippen molar-refractivity contribution < 1.29 is 27.4 Å². The molecule has 0 spiro atoms. The second-order valence-corrected chi connectivity index (χ2v) is 10.3. The van der Waals surface area contributed by atoms with Gasteiger partial charge in [-0.2, -0.15) is 13.2 Å². The fourth-order valence-electron chi connectivity index (χ4n) is 4.10. The maximum atomic E-state index is 12.9. The lowest BCUT2D eigenvalue weighted by Gasteiger charge is -2.26. The molecule has 0 amide bonds. The van der Waals surface area contributed by atoms with E-state index < -0.39 is 17.3 Å². The van der Waals surface area contributed by atoms with Crippen LogP contribution in [0.25, 0.3) is 10.6 Å². The normalized spacial score (nSPS) is 12.9. The van der Waals surface area contributed by atoms with Crippen molar-refractivity contribution in [2.75, 3.05) is 6.61 Å². The number of ether oxygens (including phenoxy) is 2. The number of benzene rings is 2. The van der Waals surface area contributed by atoms with Gasteiger partial charge in [-0.05, 0) is 82.9 Å². The predicted octanol–water partition coefficient (Wildman–Crippen LogP) is 7.89. The minimum atomic E-state index is -4.37. The van der Waals surface area contributed by atoms with Crippen LogP contribution in [0.4, 0.5) is 13.2 Å². The first-order chi connectivity index (χ1) is 16.9. The quantitative estimate of drug-likeness (QED) is 0.270. The van der Waals surface area contributed by atoms with Crippen molar-refractivity contribution >= 4 is 17.3 Å². The summed E-state index contributed by atoms with van der Waals surface area (Å²) < 4.78 is 50.3. The van der Waals surface area contributed by atoms with Crippen LogP contribution in [0.3, 0.4) is 0 Å². The zero-order valence-corrected chi connectivity index (χ0v) is 22.3. The van der Waals surface area contributed by atoms with Crippen LogP contribution in [0.2, 0.25) is 0 Å². The van der Waals surface area contributed by atoms with Gasteiger partial charge in [0.05, 0.1) is 28.7 Å². The highest BCUT2D eigenvalue weighted by Crippen LogP contribution is 2.39. The van der Waals surface area contributed by atoms with Crippen molar-refractivity contribution in [1.29, 1.82) is 0 Å². The second-order valence-electron chi connectivity index (χ2n) is 9.27. The molecule has 1 heterocycles. The highest BCUT2D eigenvalue weighted by atomic mass is 32.1. The Labute approximate surface area is 214 Å². The zero-order valence-electron chi connectivity index (χ0n) is 21.5. The van der Waals surface area contributed by atoms with E-state index >= 15 is 0 Å². The van der Waals surface area contributed by atoms with Gasteiger partial charge in [0.2, 0.25) is 0 Å². The van der Waals surface area contributed by atoms with E-state index in [4.69, 9.17) is 9.47 Å². The first kappa shape index (κ1) is 27.7. The molecule has 1 aromatic heterocycles. The molecular formula is C28H32F3NO3S. The average molecular weight is 520 g/mol. The first-order valence-corrected chi connectivity index (χ1v) is 12.8. The number of esters is 1. The van der Waals surface area contributed by atoms with Crippen LogP contribution in [0.1, 0.15) is 61.4 Å². The molecule has 194 valence electrons. The van der Waals surface area contributed by atoms with E-state index in [0.717, 1.165) is 33.8 Å². The van der Waals surface area contributed by atoms with E-state index in [9.17, 15) is 18.0 Å². The van der Waals surface area contributed by atoms with Crippen LogP contribution in [0.5, 0.6) is 5.75 Å². The third-order valence-electron chi connectivity index (χ3n) is 6.07. The Balaban J connectivity index is 1.78. The number of aromatic nitrogens is 1. The van der Waals surface area contributed by atoms with Crippen molar-refractivity contribution in [2.45, 2.75) is 66.2 Å². The molecule has 2 aromatic carbocycles. The molecule has 36 heavy (non-hydrogen) atoms. The summed E-state index contributed by atoms with van der Waals surface area (Å²) in [5.41, 5.74) is 2.10. The van der Waals surface area contributed by atoms with E-state index in [1.807, 2.05) is 52.8 Å². The van der Waals surface area contributed by atoms with Gasteiger partial charge in [-0.15, -0.1) is 11.3 Å². The molecule has 0 aliphatic rings. The van der Waals surface area contributed by atoms with Gasteiger partial charge in [0.15, 0.2) is 0 Å². The van der Waals surface area contributed by atoms with Crippen LogP contribution in [0.15, 0.2) is 42.5 Å². The molecule has 0 aliphatic heterocycles. The van der Waals surface area contributed by atoms with Crippen LogP contribution in [-0.2, 0) is 27.7 Å². The highest BCUT2D eigenvalue weighted by molar-refractivity contribution is 7.15. The molecule has 0 radical (unpaired) electrons. The molecule has 1 atom stereocenters. The van der Waals surface area contributed by atoms with Gasteiger partial charge in [-0.1, -0.05) is 25.1 Å². The fraction of sp³-hybridized carbons (Fsp3) is 0.429. The van der Waals surface area contributed by atoms with Crippen molar-refractivity contribution in [3.63, 3.8) is 0 Å². The number of carbonyl (C=O) groups excluding carboxylic acids is 1. The van der Waals surface area contributed by atoms with Crippen molar-refractivity contribution in [3.05, 3.63) is 69.7 Å². The van der Waals surface area contributed by atoms with Crippen LogP contribution >= 0.6 is 11.3 Å². The molecule has 4 nitrogen and oxygen atoms in total. The number of hydrogen-bond donors (Lipinski definition) is 0. The highest BCUT2D eigenvalue weighted by Gasteiger charge is 2.31. The molecular weight excluding hydrogens is 487 g/mol. The standard InChI is InChI=1S/C28H32F3NO3S/c1-7-19(26(33)34-8-2)16-21-11-14-23(15-17(21)3)35-27(5,6)24-18(4)32-25(36-24)20-9-12-22(13-10-20)28(29,30)31/h9-15,19H,7-8,16H2,1-6H3. The third kappa shape index (κ3) is 6.46. The maximum absolute atomic E-state index is 12.9. The molecule has 0 N–H and O–H groups in total. The molecule has 0 saturated carbocycles. The van der Waals surface area contributed by atoms with Crippen molar-refractivity contribution in [2.24, 2.45) is 5.92 Å². The van der Waals surface area contributed by atoms with Crippen LogP contribution in [0, 0.1) is 19.8 Å². The maximum Gasteiger partial charge on any atom is 0.416 e. The lowest BCUT2D eigenvalue weighted by Crippen LogP contribution is -2.25. The summed E-state index contributed by atoms with van der Waals surface area (Å²) in [7, 11) is 0. The molecule has 3 rings (SSSR count). The molecule has 0 fully saturated rings. The molecule has 8 heteroatoms. The van der Waals surface area contributed by atoms with Gasteiger partial charge in [0, 0.05) is 5.56 Å². The number of hydrogen-bond acceptors (Lipinski definition) is 5. The van der Waals surface area contributed by atoms with Crippen molar-refractivity contribution in [3.8, 4) is 16.3 Å². The number of halogens is 3. The Morgan fingerprint density at radius 1 is 1.06 bits per heavy atom. The second kappa shape index (κ2) is 11.0. The summed E-state index contributed by atoms with van der Waals surface area (Å²) >= 11 is 1.41. The van der Waals surface area contributed by atoms with Gasteiger partial charge < -0.3 is 9.47 Å². The lowest BCUT2D eigenvalue weighted by molar-refractivity contribution is -0.148. The number of carbonyl (C=O) groups is 1. The minimum absolute atomic E-state index is 0.176. The molecule has 0 bridgehead atoms. The molecule has 1 unspecified atom stereocenters. The van der Waals surface area contributed by atoms with Gasteiger partial charge in [0.1, 0.15) is 16.4 Å². The Bertz CT molecular complexity index is 1200. The molecule has 0 aliphatic carbocycles. The first-order valence-electron chi connectivity index (χ1n) is 12.0. The summed E-state index contributed by atoms with van der Waals surface area (Å²) in [5.74, 6) is 0.329. The smallest absolute Gasteiger partial charge is 0.416 e. The fourth-order valence-corrected chi connectivity index (χ4v) is 5.21. The number of alkyl halides is 3. The zero-order chi connectivity index (χ0) is 26.7. The molecule has 0 saturated heterocycles. The van der Waals surface area contributed by atoms with Gasteiger partial charge in [-0.25, -0.2) is 4.98 Å². The van der Waals surface area contributed by atoms with Gasteiger partial charge >= 0.3 is 12.1 Å². The van der Waals surface area contributed by atoms with E-state index in [-0.39, 0.29) is 11.9 Å². The van der Waals surface area contributed by atoms with Gasteiger partial charge in [-0.3, -0.25) is 4.79 Å². The Hall–Kier alpha value is -2.87. The van der Waals surface area contributed by atoms with E-state index in [1.165, 1.54) is 23.5 Å². The van der Waals surface area contributed by atoms with E-state index in [2.05, 4.69) is 4.98 Å². The predicted molar refractivity (Wildman–Crippen MR) is 136 cm³/mol. The summed E-state index contributed by atoms with van der Waals surface area (Å²) in [6.45, 7) is 11.9. The summed E-state index contributed by atoms with van der Waals surface area (Å²) in [4.78, 5) is 17.7. The van der Waals surface area contributed by atoms with Crippen LogP contribution < -0.4 is 4.74 Å². The number of thiazole rings is 1. The minimum Gasteiger partial charge on any atom is -0.482 e. The summed E-state index contributed by atoms with van der Waals surface area (Å²) in [6.07, 6.45) is -3.06. The largest absolute Gasteiger partial charge is 0.482 e. The van der Waals surface area contributed by atoms with E-state index in [0.29, 0.717) is 35.8 Å². The Morgan fingerprint density at radius 3 is 2.28 bits per heavy atom. The number of nitrogens with zero attached hydrogens (tertiary/aromatic N) is 1. The average Bonchev–Trinajstić information content (AvgIpc) is 3.20. The number of aryl methyl sites for hydroxylation is 2. The Morgan fingerprint density at radius 2 is 1.72 bits per heavy atom. The Kier molecular flexibility index (Phi) is 8.49.